The Bertz CT molecular complexity index is 659. The summed E-state index contributed by atoms with van der Waals surface area (Å²) in [5, 5.41) is 10.7. The van der Waals surface area contributed by atoms with Crippen molar-refractivity contribution in [2.45, 2.75) is 18.9 Å². The van der Waals surface area contributed by atoms with Gasteiger partial charge in [0.25, 0.3) is 5.91 Å². The van der Waals surface area contributed by atoms with Crippen molar-refractivity contribution >= 4 is 11.9 Å². The van der Waals surface area contributed by atoms with Gasteiger partial charge in [0, 0.05) is 45.5 Å². The fourth-order valence-electron chi connectivity index (χ4n) is 3.74. The van der Waals surface area contributed by atoms with Crippen molar-refractivity contribution in [3.05, 3.63) is 17.5 Å². The molecule has 0 radical (unpaired) electrons. The number of piperazine rings is 1. The van der Waals surface area contributed by atoms with Gasteiger partial charge >= 0.3 is 0 Å². The van der Waals surface area contributed by atoms with Crippen molar-refractivity contribution in [1.29, 1.82) is 0 Å². The van der Waals surface area contributed by atoms with Crippen LogP contribution >= 0.6 is 0 Å². The second kappa shape index (κ2) is 7.46. The van der Waals surface area contributed by atoms with Crippen molar-refractivity contribution in [2.75, 3.05) is 71.9 Å². The lowest BCUT2D eigenvalue weighted by Gasteiger charge is -2.32. The van der Waals surface area contributed by atoms with E-state index in [0.717, 1.165) is 26.2 Å². The molecule has 1 atom stereocenters. The molecule has 26 heavy (non-hydrogen) atoms. The first kappa shape index (κ1) is 19.0. The lowest BCUT2D eigenvalue weighted by atomic mass is 10.0. The molecular formula is C18H30N6O2. The minimum atomic E-state index is -0.840. The van der Waals surface area contributed by atoms with Crippen LogP contribution in [-0.4, -0.2) is 108 Å². The van der Waals surface area contributed by atoms with Gasteiger partial charge in [0.05, 0.1) is 23.4 Å². The first-order valence-electron chi connectivity index (χ1n) is 9.21. The van der Waals surface area contributed by atoms with Gasteiger partial charge in [-0.3, -0.25) is 4.79 Å². The van der Waals surface area contributed by atoms with Crippen LogP contribution in [0.1, 0.15) is 22.5 Å². The van der Waals surface area contributed by atoms with Gasteiger partial charge in [0.2, 0.25) is 5.95 Å². The number of likely N-dealkylation sites (N-methyl/N-ethyl adjacent to an activating group) is 2. The summed E-state index contributed by atoms with van der Waals surface area (Å²) >= 11 is 0. The molecule has 1 amide bonds. The van der Waals surface area contributed by atoms with Gasteiger partial charge < -0.3 is 24.7 Å². The smallest absolute Gasteiger partial charge is 0.257 e. The molecule has 1 unspecified atom stereocenters. The van der Waals surface area contributed by atoms with Crippen LogP contribution in [0.5, 0.6) is 0 Å². The van der Waals surface area contributed by atoms with Crippen molar-refractivity contribution in [1.82, 2.24) is 24.7 Å². The van der Waals surface area contributed by atoms with Crippen molar-refractivity contribution in [2.24, 2.45) is 0 Å². The van der Waals surface area contributed by atoms with Gasteiger partial charge in [0.15, 0.2) is 0 Å². The summed E-state index contributed by atoms with van der Waals surface area (Å²) in [5.74, 6) is 0.597. The largest absolute Gasteiger partial charge is 0.387 e. The topological polar surface area (TPSA) is 76.0 Å². The first-order valence-corrected chi connectivity index (χ1v) is 9.21. The summed E-state index contributed by atoms with van der Waals surface area (Å²) in [6.45, 7) is 7.08. The fourth-order valence-corrected chi connectivity index (χ4v) is 3.74. The predicted molar refractivity (Wildman–Crippen MR) is 101 cm³/mol. The molecule has 3 rings (SSSR count). The number of β-amino-alcohol motifs (C(OH)–C–C–N with tert-alkyl or cyclic N) is 1. The molecule has 1 aromatic heterocycles. The van der Waals surface area contributed by atoms with Crippen LogP contribution in [0.4, 0.5) is 5.95 Å². The number of rotatable bonds is 4. The molecule has 0 saturated carbocycles. The van der Waals surface area contributed by atoms with E-state index in [1.165, 1.54) is 0 Å². The first-order chi connectivity index (χ1) is 12.3. The minimum Gasteiger partial charge on any atom is -0.387 e. The molecule has 8 heteroatoms. The summed E-state index contributed by atoms with van der Waals surface area (Å²) in [7, 11) is 5.97. The zero-order chi connectivity index (χ0) is 18.9. The number of aryl methyl sites for hydroxylation is 1. The van der Waals surface area contributed by atoms with E-state index in [1.54, 1.807) is 11.1 Å². The highest BCUT2D eigenvalue weighted by atomic mass is 16.3. The molecule has 0 bridgehead atoms. The lowest BCUT2D eigenvalue weighted by molar-refractivity contribution is 0.0236. The molecule has 2 saturated heterocycles. The highest BCUT2D eigenvalue weighted by Crippen LogP contribution is 2.24. The number of aliphatic hydroxyl groups is 1. The van der Waals surface area contributed by atoms with E-state index >= 15 is 0 Å². The highest BCUT2D eigenvalue weighted by Gasteiger charge is 2.39. The van der Waals surface area contributed by atoms with Crippen LogP contribution in [-0.2, 0) is 0 Å². The molecule has 0 aromatic carbocycles. The SMILES string of the molecule is Cc1nc(N2CCN(C)CC2)ncc1C(=O)N1CCC(O)(CN(C)C)C1. The fraction of sp³-hybridized carbons (Fsp3) is 0.722. The quantitative estimate of drug-likeness (QED) is 0.786. The van der Waals surface area contributed by atoms with E-state index in [0.29, 0.717) is 43.3 Å². The van der Waals surface area contributed by atoms with E-state index in [2.05, 4.69) is 26.8 Å². The number of nitrogens with zero attached hydrogens (tertiary/aromatic N) is 6. The molecule has 2 fully saturated rings. The third-order valence-corrected chi connectivity index (χ3v) is 5.21. The zero-order valence-corrected chi connectivity index (χ0v) is 16.3. The number of carbonyl (C=O) groups excluding carboxylic acids is 1. The third-order valence-electron chi connectivity index (χ3n) is 5.21. The van der Waals surface area contributed by atoms with Crippen LogP contribution in [0.25, 0.3) is 0 Å². The Hall–Kier alpha value is -1.77. The molecule has 2 aliphatic heterocycles. The van der Waals surface area contributed by atoms with Gasteiger partial charge in [-0.15, -0.1) is 0 Å². The van der Waals surface area contributed by atoms with E-state index in [9.17, 15) is 9.90 Å². The maximum Gasteiger partial charge on any atom is 0.257 e. The summed E-state index contributed by atoms with van der Waals surface area (Å²) in [6.07, 6.45) is 2.23. The standard InChI is InChI=1S/C18H30N6O2/c1-14-15(11-19-17(20-14)23-9-7-22(4)8-10-23)16(25)24-6-5-18(26,13-24)12-21(2)3/h11,26H,5-10,12-13H2,1-4H3. The Morgan fingerprint density at radius 2 is 1.96 bits per heavy atom. The monoisotopic (exact) mass is 362 g/mol. The van der Waals surface area contributed by atoms with Crippen molar-refractivity contribution in [3.8, 4) is 0 Å². The Balaban J connectivity index is 1.69. The second-order valence-electron chi connectivity index (χ2n) is 7.90. The van der Waals surface area contributed by atoms with E-state index in [4.69, 9.17) is 0 Å². The summed E-state index contributed by atoms with van der Waals surface area (Å²) in [4.78, 5) is 30.0. The summed E-state index contributed by atoms with van der Waals surface area (Å²) in [5.41, 5.74) is 0.382. The number of hydrogen-bond donors (Lipinski definition) is 1. The predicted octanol–water partition coefficient (Wildman–Crippen LogP) is -0.325. The lowest BCUT2D eigenvalue weighted by Crippen LogP contribution is -2.45. The molecule has 144 valence electrons. The average molecular weight is 362 g/mol. The number of amides is 1. The van der Waals surface area contributed by atoms with Crippen LogP contribution in [0.15, 0.2) is 6.20 Å². The van der Waals surface area contributed by atoms with Crippen molar-refractivity contribution < 1.29 is 9.90 Å². The molecule has 1 N–H and O–H groups in total. The highest BCUT2D eigenvalue weighted by molar-refractivity contribution is 5.95. The van der Waals surface area contributed by atoms with E-state index in [1.807, 2.05) is 25.9 Å². The average Bonchev–Trinajstić information content (AvgIpc) is 2.96. The van der Waals surface area contributed by atoms with Crippen LogP contribution in [0.3, 0.4) is 0 Å². The summed E-state index contributed by atoms with van der Waals surface area (Å²) in [6, 6.07) is 0. The second-order valence-corrected chi connectivity index (χ2v) is 7.90. The maximum absolute atomic E-state index is 12.9. The van der Waals surface area contributed by atoms with Crippen LogP contribution in [0.2, 0.25) is 0 Å². The Morgan fingerprint density at radius 3 is 2.58 bits per heavy atom. The van der Waals surface area contributed by atoms with Gasteiger partial charge in [-0.2, -0.15) is 0 Å². The van der Waals surface area contributed by atoms with Gasteiger partial charge in [-0.25, -0.2) is 9.97 Å². The summed E-state index contributed by atoms with van der Waals surface area (Å²) < 4.78 is 0. The van der Waals surface area contributed by atoms with E-state index in [-0.39, 0.29) is 5.91 Å². The number of likely N-dealkylation sites (tertiary alicyclic amines) is 1. The Labute approximate surface area is 155 Å². The molecule has 3 heterocycles. The molecule has 2 aliphatic rings. The molecule has 0 spiro atoms. The van der Waals surface area contributed by atoms with Gasteiger partial charge in [-0.05, 0) is 34.5 Å². The third kappa shape index (κ3) is 4.13. The van der Waals surface area contributed by atoms with Crippen LogP contribution in [0, 0.1) is 6.92 Å². The molecular weight excluding hydrogens is 332 g/mol. The number of aromatic nitrogens is 2. The minimum absolute atomic E-state index is 0.0953. The Morgan fingerprint density at radius 1 is 1.27 bits per heavy atom. The van der Waals surface area contributed by atoms with Crippen molar-refractivity contribution in [3.63, 3.8) is 0 Å². The molecule has 0 aliphatic carbocycles. The zero-order valence-electron chi connectivity index (χ0n) is 16.3. The van der Waals surface area contributed by atoms with E-state index < -0.39 is 5.60 Å². The van der Waals surface area contributed by atoms with Gasteiger partial charge in [-0.1, -0.05) is 0 Å². The van der Waals surface area contributed by atoms with Crippen LogP contribution < -0.4 is 4.90 Å². The number of carbonyl (C=O) groups is 1. The maximum atomic E-state index is 12.9. The van der Waals surface area contributed by atoms with Gasteiger partial charge in [0.1, 0.15) is 0 Å². The molecule has 8 nitrogen and oxygen atoms in total. The number of anilines is 1. The molecule has 1 aromatic rings. The Kier molecular flexibility index (Phi) is 5.45. The number of hydrogen-bond acceptors (Lipinski definition) is 7. The normalized spacial score (nSPS) is 24.5.